The molecule has 1 aliphatic heterocycles. The summed E-state index contributed by atoms with van der Waals surface area (Å²) in [5.74, 6) is -1.18. The fourth-order valence-corrected chi connectivity index (χ4v) is 5.91. The first-order valence-corrected chi connectivity index (χ1v) is 14.6. The molecule has 44 heavy (non-hydrogen) atoms. The van der Waals surface area contributed by atoms with Gasteiger partial charge in [0.1, 0.15) is 5.82 Å². The minimum Gasteiger partial charge on any atom is -0.490 e. The SMILES string of the molecule is Cc1cn2nc(-n3cc(Cc4ccc(F)cc4)cn3)cc2c(-c2cc(F)c3c(c2C)CCCO3)c1C(OC(C)(C)C)C(=O)O. The maximum Gasteiger partial charge on any atom is 0.337 e. The molecule has 8 nitrogen and oxygen atoms in total. The number of hydrogen-bond donors (Lipinski definition) is 1. The molecular weight excluding hydrogens is 566 g/mol. The molecule has 1 atom stereocenters. The van der Waals surface area contributed by atoms with E-state index in [0.717, 1.165) is 28.7 Å². The summed E-state index contributed by atoms with van der Waals surface area (Å²) < 4.78 is 44.1. The molecule has 6 rings (SSSR count). The predicted molar refractivity (Wildman–Crippen MR) is 161 cm³/mol. The van der Waals surface area contributed by atoms with Crippen LogP contribution in [0.25, 0.3) is 22.5 Å². The predicted octanol–water partition coefficient (Wildman–Crippen LogP) is 6.94. The number of aromatic nitrogens is 4. The molecule has 0 saturated carbocycles. The zero-order chi connectivity index (χ0) is 31.3. The monoisotopic (exact) mass is 600 g/mol. The summed E-state index contributed by atoms with van der Waals surface area (Å²) in [4.78, 5) is 12.8. The van der Waals surface area contributed by atoms with E-state index in [1.54, 1.807) is 54.5 Å². The fraction of sp³-hybridized carbons (Fsp3) is 0.324. The molecule has 5 aromatic rings. The zero-order valence-electron chi connectivity index (χ0n) is 25.3. The molecular formula is C34H34F2N4O4. The molecule has 0 aliphatic carbocycles. The van der Waals surface area contributed by atoms with E-state index >= 15 is 4.39 Å². The summed E-state index contributed by atoms with van der Waals surface area (Å²) >= 11 is 0. The van der Waals surface area contributed by atoms with Crippen LogP contribution in [-0.4, -0.2) is 42.7 Å². The number of rotatable bonds is 7. The van der Waals surface area contributed by atoms with Crippen LogP contribution in [-0.2, 0) is 22.4 Å². The van der Waals surface area contributed by atoms with Crippen molar-refractivity contribution in [1.29, 1.82) is 0 Å². The second-order valence-corrected chi connectivity index (χ2v) is 12.3. The summed E-state index contributed by atoms with van der Waals surface area (Å²) in [6, 6.07) is 9.56. The maximum absolute atomic E-state index is 15.6. The van der Waals surface area contributed by atoms with Gasteiger partial charge < -0.3 is 14.6 Å². The quantitative estimate of drug-likeness (QED) is 0.218. The van der Waals surface area contributed by atoms with Crippen LogP contribution >= 0.6 is 0 Å². The number of carboxylic acid groups (broad SMARTS) is 1. The smallest absolute Gasteiger partial charge is 0.337 e. The molecule has 0 saturated heterocycles. The molecule has 228 valence electrons. The zero-order valence-corrected chi connectivity index (χ0v) is 25.3. The molecule has 2 aromatic carbocycles. The fourth-order valence-electron chi connectivity index (χ4n) is 5.91. The standard InChI is InChI=1S/C34H34F2N4O4/c1-19-17-39-27(15-28(38-39)40-18-22(16-37-40)13-21-8-10-23(35)11-9-21)30(29(19)32(33(41)42)44-34(3,4)5)25-14-26(36)31-24(20(25)2)7-6-12-43-31/h8-11,14-18,32H,6-7,12-13H2,1-5H3,(H,41,42). The molecule has 0 spiro atoms. The number of halogens is 2. The maximum atomic E-state index is 15.6. The summed E-state index contributed by atoms with van der Waals surface area (Å²) in [5.41, 5.74) is 5.40. The van der Waals surface area contributed by atoms with Gasteiger partial charge >= 0.3 is 5.97 Å². The highest BCUT2D eigenvalue weighted by atomic mass is 19.1. The van der Waals surface area contributed by atoms with E-state index in [9.17, 15) is 14.3 Å². The van der Waals surface area contributed by atoms with Gasteiger partial charge in [0.2, 0.25) is 0 Å². The second kappa shape index (κ2) is 11.2. The summed E-state index contributed by atoms with van der Waals surface area (Å²) in [6.07, 6.45) is 5.98. The lowest BCUT2D eigenvalue weighted by Gasteiger charge is -2.29. The van der Waals surface area contributed by atoms with Gasteiger partial charge in [0.15, 0.2) is 23.5 Å². The molecule has 3 aromatic heterocycles. The molecule has 1 unspecified atom stereocenters. The van der Waals surface area contributed by atoms with Crippen molar-refractivity contribution in [3.05, 3.63) is 100 Å². The molecule has 1 N–H and O–H groups in total. The van der Waals surface area contributed by atoms with Crippen molar-refractivity contribution >= 4 is 11.5 Å². The molecule has 0 amide bonds. The Balaban J connectivity index is 1.55. The van der Waals surface area contributed by atoms with Crippen LogP contribution in [0.15, 0.2) is 55.0 Å². The molecule has 0 radical (unpaired) electrons. The summed E-state index contributed by atoms with van der Waals surface area (Å²) in [6.45, 7) is 9.57. The minimum atomic E-state index is -1.32. The first-order chi connectivity index (χ1) is 20.9. The highest BCUT2D eigenvalue weighted by molar-refractivity contribution is 5.91. The van der Waals surface area contributed by atoms with E-state index in [0.29, 0.717) is 53.0 Å². The van der Waals surface area contributed by atoms with Gasteiger partial charge in [-0.15, -0.1) is 5.10 Å². The van der Waals surface area contributed by atoms with E-state index in [4.69, 9.17) is 14.6 Å². The Hall–Kier alpha value is -4.57. The van der Waals surface area contributed by atoms with Crippen LogP contribution in [0.4, 0.5) is 8.78 Å². The third-order valence-corrected chi connectivity index (χ3v) is 7.84. The van der Waals surface area contributed by atoms with Crippen molar-refractivity contribution in [2.75, 3.05) is 6.61 Å². The first-order valence-electron chi connectivity index (χ1n) is 14.6. The van der Waals surface area contributed by atoms with Crippen LogP contribution in [0.5, 0.6) is 5.75 Å². The largest absolute Gasteiger partial charge is 0.490 e. The number of nitrogens with zero attached hydrogens (tertiary/aromatic N) is 4. The molecule has 0 fully saturated rings. The Morgan fingerprint density at radius 2 is 1.86 bits per heavy atom. The molecule has 0 bridgehead atoms. The molecule has 10 heteroatoms. The molecule has 1 aliphatic rings. The number of hydrogen-bond acceptors (Lipinski definition) is 5. The highest BCUT2D eigenvalue weighted by Gasteiger charge is 2.34. The van der Waals surface area contributed by atoms with Gasteiger partial charge in [-0.3, -0.25) is 0 Å². The van der Waals surface area contributed by atoms with Gasteiger partial charge in [-0.05, 0) is 93.5 Å². The third-order valence-electron chi connectivity index (χ3n) is 7.84. The molecule has 4 heterocycles. The van der Waals surface area contributed by atoms with Crippen molar-refractivity contribution in [3.8, 4) is 22.7 Å². The number of benzene rings is 2. The van der Waals surface area contributed by atoms with Crippen LogP contribution in [0, 0.1) is 25.5 Å². The lowest BCUT2D eigenvalue weighted by atomic mass is 9.87. The van der Waals surface area contributed by atoms with Crippen molar-refractivity contribution in [1.82, 2.24) is 19.4 Å². The average molecular weight is 601 g/mol. The number of carboxylic acids is 1. The average Bonchev–Trinajstić information content (AvgIpc) is 3.61. The number of pyridine rings is 1. The van der Waals surface area contributed by atoms with E-state index in [1.165, 1.54) is 18.2 Å². The topological polar surface area (TPSA) is 90.9 Å². The Bertz CT molecular complexity index is 1890. The van der Waals surface area contributed by atoms with E-state index in [1.807, 2.05) is 26.1 Å². The Morgan fingerprint density at radius 3 is 2.57 bits per heavy atom. The third kappa shape index (κ3) is 5.57. The number of fused-ring (bicyclic) bond motifs is 2. The van der Waals surface area contributed by atoms with Gasteiger partial charge in [0, 0.05) is 41.6 Å². The van der Waals surface area contributed by atoms with Gasteiger partial charge in [-0.2, -0.15) is 5.10 Å². The Morgan fingerprint density at radius 1 is 1.11 bits per heavy atom. The number of ether oxygens (including phenoxy) is 2. The van der Waals surface area contributed by atoms with Crippen molar-refractivity contribution in [2.24, 2.45) is 0 Å². The van der Waals surface area contributed by atoms with Crippen LogP contribution < -0.4 is 4.74 Å². The lowest BCUT2D eigenvalue weighted by molar-refractivity contribution is -0.160. The van der Waals surface area contributed by atoms with Crippen LogP contribution in [0.2, 0.25) is 0 Å². The minimum absolute atomic E-state index is 0.253. The Labute approximate surface area is 253 Å². The van der Waals surface area contributed by atoms with E-state index in [2.05, 4.69) is 5.10 Å². The second-order valence-electron chi connectivity index (χ2n) is 12.3. The number of carbonyl (C=O) groups is 1. The van der Waals surface area contributed by atoms with Gasteiger partial charge in [0.05, 0.1) is 23.9 Å². The van der Waals surface area contributed by atoms with Gasteiger partial charge in [-0.25, -0.2) is 22.8 Å². The first kappa shape index (κ1) is 29.5. The van der Waals surface area contributed by atoms with E-state index < -0.39 is 23.5 Å². The van der Waals surface area contributed by atoms with Crippen molar-refractivity contribution in [3.63, 3.8) is 0 Å². The van der Waals surface area contributed by atoms with Gasteiger partial charge in [0.25, 0.3) is 0 Å². The normalized spacial score (nSPS) is 14.0. The van der Waals surface area contributed by atoms with Gasteiger partial charge in [-0.1, -0.05) is 12.1 Å². The van der Waals surface area contributed by atoms with Crippen LogP contribution in [0.3, 0.4) is 0 Å². The lowest BCUT2D eigenvalue weighted by Crippen LogP contribution is -2.28. The van der Waals surface area contributed by atoms with Crippen LogP contribution in [0.1, 0.15) is 66.7 Å². The summed E-state index contributed by atoms with van der Waals surface area (Å²) in [5, 5.41) is 19.7. The van der Waals surface area contributed by atoms with Crippen molar-refractivity contribution < 1.29 is 28.2 Å². The Kier molecular flexibility index (Phi) is 7.49. The highest BCUT2D eigenvalue weighted by Crippen LogP contribution is 2.43. The van der Waals surface area contributed by atoms with Crippen molar-refractivity contribution in [2.45, 2.75) is 65.6 Å². The van der Waals surface area contributed by atoms with E-state index in [-0.39, 0.29) is 11.6 Å². The number of aryl methyl sites for hydroxylation is 1. The summed E-state index contributed by atoms with van der Waals surface area (Å²) in [7, 11) is 0. The number of aliphatic carboxylic acids is 1.